The molecule has 0 bridgehead atoms. The van der Waals surface area contributed by atoms with E-state index >= 15 is 0 Å². The molecule has 1 heterocycles. The number of ether oxygens (including phenoxy) is 3. The first kappa shape index (κ1) is 18.7. The van der Waals surface area contributed by atoms with Gasteiger partial charge in [-0.1, -0.05) is 26.7 Å². The number of cyclic esters (lactones) is 1. The molecule has 0 aromatic heterocycles. The highest BCUT2D eigenvalue weighted by Gasteiger charge is 2.35. The van der Waals surface area contributed by atoms with Crippen LogP contribution in [0.5, 0.6) is 0 Å². The molecule has 2 rings (SSSR count). The van der Waals surface area contributed by atoms with Gasteiger partial charge in [-0.25, -0.2) is 0 Å². The van der Waals surface area contributed by atoms with E-state index in [2.05, 4.69) is 13.8 Å². The molecule has 23 heavy (non-hydrogen) atoms. The van der Waals surface area contributed by atoms with Crippen LogP contribution in [0.15, 0.2) is 0 Å². The van der Waals surface area contributed by atoms with Crippen molar-refractivity contribution in [2.24, 2.45) is 11.7 Å². The summed E-state index contributed by atoms with van der Waals surface area (Å²) >= 11 is 0. The van der Waals surface area contributed by atoms with Gasteiger partial charge in [0.1, 0.15) is 18.2 Å². The van der Waals surface area contributed by atoms with Crippen molar-refractivity contribution in [2.45, 2.75) is 96.2 Å². The summed E-state index contributed by atoms with van der Waals surface area (Å²) in [7, 11) is 0. The zero-order valence-electron chi connectivity index (χ0n) is 14.8. The van der Waals surface area contributed by atoms with E-state index in [1.165, 1.54) is 12.8 Å². The lowest BCUT2D eigenvalue weighted by Gasteiger charge is -2.33. The average molecular weight is 327 g/mol. The van der Waals surface area contributed by atoms with Crippen LogP contribution in [0.25, 0.3) is 0 Å². The maximum atomic E-state index is 12.0. The minimum absolute atomic E-state index is 0.0232. The van der Waals surface area contributed by atoms with Gasteiger partial charge in [0.05, 0.1) is 12.2 Å². The van der Waals surface area contributed by atoms with Crippen LogP contribution in [0.3, 0.4) is 0 Å². The zero-order valence-corrected chi connectivity index (χ0v) is 14.8. The maximum Gasteiger partial charge on any atom is 0.323 e. The van der Waals surface area contributed by atoms with Crippen molar-refractivity contribution in [3.63, 3.8) is 0 Å². The van der Waals surface area contributed by atoms with Crippen molar-refractivity contribution in [1.82, 2.24) is 0 Å². The molecule has 0 unspecified atom stereocenters. The average Bonchev–Trinajstić information content (AvgIpc) is 2.99. The first-order valence-corrected chi connectivity index (χ1v) is 9.20. The lowest BCUT2D eigenvalue weighted by atomic mass is 10.0. The van der Waals surface area contributed by atoms with Crippen LogP contribution in [0.4, 0.5) is 0 Å². The third kappa shape index (κ3) is 5.73. The normalized spacial score (nSPS) is 34.0. The fraction of sp³-hybridized carbons (Fsp3) is 0.944. The predicted octanol–water partition coefficient (Wildman–Crippen LogP) is 2.80. The number of esters is 1. The summed E-state index contributed by atoms with van der Waals surface area (Å²) in [6.07, 6.45) is 6.86. The van der Waals surface area contributed by atoms with Crippen molar-refractivity contribution in [3.8, 4) is 0 Å². The molecule has 4 atom stereocenters. The molecule has 134 valence electrons. The van der Waals surface area contributed by atoms with E-state index in [0.717, 1.165) is 25.7 Å². The molecule has 0 aromatic rings. The van der Waals surface area contributed by atoms with Gasteiger partial charge in [0, 0.05) is 6.61 Å². The molecule has 1 aliphatic heterocycles. The van der Waals surface area contributed by atoms with Gasteiger partial charge in [-0.3, -0.25) is 4.79 Å². The Morgan fingerprint density at radius 3 is 2.52 bits per heavy atom. The van der Waals surface area contributed by atoms with Crippen LogP contribution < -0.4 is 5.73 Å². The molecule has 0 radical (unpaired) electrons. The number of rotatable bonds is 5. The summed E-state index contributed by atoms with van der Waals surface area (Å²) in [4.78, 5) is 12.0. The smallest absolute Gasteiger partial charge is 0.323 e. The van der Waals surface area contributed by atoms with Crippen molar-refractivity contribution in [1.29, 1.82) is 0 Å². The third-order valence-corrected chi connectivity index (χ3v) is 4.73. The zero-order chi connectivity index (χ0) is 16.8. The molecular formula is C18H33NO4. The number of carbonyl (C=O) groups is 1. The van der Waals surface area contributed by atoms with Crippen LogP contribution in [0, 0.1) is 5.92 Å². The quantitative estimate of drug-likeness (QED) is 0.786. The summed E-state index contributed by atoms with van der Waals surface area (Å²) < 4.78 is 18.0. The van der Waals surface area contributed by atoms with E-state index < -0.39 is 6.04 Å². The molecular weight excluding hydrogens is 294 g/mol. The van der Waals surface area contributed by atoms with Crippen LogP contribution in [0.1, 0.15) is 65.7 Å². The molecule has 0 spiro atoms. The Labute approximate surface area is 140 Å². The maximum absolute atomic E-state index is 12.0. The number of hydrogen-bond donors (Lipinski definition) is 1. The Bertz CT molecular complexity index is 368. The fourth-order valence-electron chi connectivity index (χ4n) is 3.42. The summed E-state index contributed by atoms with van der Waals surface area (Å²) in [5.41, 5.74) is 5.90. The van der Waals surface area contributed by atoms with E-state index in [4.69, 9.17) is 19.9 Å². The van der Waals surface area contributed by atoms with Crippen LogP contribution >= 0.6 is 0 Å². The lowest BCUT2D eigenvalue weighted by molar-refractivity contribution is -0.172. The summed E-state index contributed by atoms with van der Waals surface area (Å²) in [5, 5.41) is 0. The molecule has 5 nitrogen and oxygen atoms in total. The Hall–Kier alpha value is -0.650. The Morgan fingerprint density at radius 1 is 1.17 bits per heavy atom. The van der Waals surface area contributed by atoms with Gasteiger partial charge in [0.15, 0.2) is 0 Å². The number of nitrogens with two attached hydrogens (primary N) is 1. The van der Waals surface area contributed by atoms with Crippen molar-refractivity contribution in [3.05, 3.63) is 0 Å². The molecule has 2 N–H and O–H groups in total. The molecule has 2 aliphatic rings. The molecule has 1 saturated heterocycles. The van der Waals surface area contributed by atoms with Gasteiger partial charge in [0.2, 0.25) is 0 Å². The van der Waals surface area contributed by atoms with E-state index in [1.54, 1.807) is 0 Å². The molecule has 0 amide bonds. The Morgan fingerprint density at radius 2 is 1.87 bits per heavy atom. The SMILES string of the molecule is CC(C)CO[C@H]1[C@H](C)OC(=O)[C@@H](N)CCC[C@@H]1OC1CCCC1. The first-order valence-electron chi connectivity index (χ1n) is 9.20. The highest BCUT2D eigenvalue weighted by atomic mass is 16.6. The number of carbonyl (C=O) groups excluding carboxylic acids is 1. The fourth-order valence-corrected chi connectivity index (χ4v) is 3.42. The van der Waals surface area contributed by atoms with Crippen molar-refractivity contribution in [2.75, 3.05) is 6.61 Å². The van der Waals surface area contributed by atoms with Crippen molar-refractivity contribution >= 4 is 5.97 Å². The lowest BCUT2D eigenvalue weighted by Crippen LogP contribution is -2.44. The highest BCUT2D eigenvalue weighted by molar-refractivity contribution is 5.75. The van der Waals surface area contributed by atoms with Crippen molar-refractivity contribution < 1.29 is 19.0 Å². The van der Waals surface area contributed by atoms with Gasteiger partial charge in [-0.05, 0) is 44.9 Å². The predicted molar refractivity (Wildman–Crippen MR) is 89.1 cm³/mol. The van der Waals surface area contributed by atoms with Crippen LogP contribution in [-0.4, -0.2) is 43.0 Å². The first-order chi connectivity index (χ1) is 11.0. The third-order valence-electron chi connectivity index (χ3n) is 4.73. The van der Waals surface area contributed by atoms with Gasteiger partial charge in [0.25, 0.3) is 0 Å². The largest absolute Gasteiger partial charge is 0.459 e. The van der Waals surface area contributed by atoms with E-state index in [-0.39, 0.29) is 24.3 Å². The molecule has 0 aromatic carbocycles. The minimum atomic E-state index is -0.534. The van der Waals surface area contributed by atoms with Gasteiger partial charge >= 0.3 is 5.97 Å². The van der Waals surface area contributed by atoms with Gasteiger partial charge < -0.3 is 19.9 Å². The van der Waals surface area contributed by atoms with Gasteiger partial charge in [-0.15, -0.1) is 0 Å². The van der Waals surface area contributed by atoms with Crippen LogP contribution in [-0.2, 0) is 19.0 Å². The highest BCUT2D eigenvalue weighted by Crippen LogP contribution is 2.28. The number of hydrogen-bond acceptors (Lipinski definition) is 5. The summed E-state index contributed by atoms with van der Waals surface area (Å²) in [6, 6.07) is -0.534. The minimum Gasteiger partial charge on any atom is -0.459 e. The van der Waals surface area contributed by atoms with E-state index in [9.17, 15) is 4.79 Å². The second kappa shape index (κ2) is 9.00. The Kier molecular flexibility index (Phi) is 7.31. The standard InChI is InChI=1S/C18H33NO4/c1-12(2)11-21-17-13(3)22-18(20)15(19)9-6-10-16(17)23-14-7-4-5-8-14/h12-17H,4-11,19H2,1-3H3/t13-,15-,16-,17-/m0/s1. The summed E-state index contributed by atoms with van der Waals surface area (Å²) in [6.45, 7) is 6.78. The molecule has 1 saturated carbocycles. The van der Waals surface area contributed by atoms with E-state index in [1.807, 2.05) is 6.92 Å². The topological polar surface area (TPSA) is 70.8 Å². The summed E-state index contributed by atoms with van der Waals surface area (Å²) in [5.74, 6) is 0.108. The second-order valence-corrected chi connectivity index (χ2v) is 7.45. The Balaban J connectivity index is 2.08. The van der Waals surface area contributed by atoms with Gasteiger partial charge in [-0.2, -0.15) is 0 Å². The van der Waals surface area contributed by atoms with Crippen LogP contribution in [0.2, 0.25) is 0 Å². The molecule has 5 heteroatoms. The second-order valence-electron chi connectivity index (χ2n) is 7.45. The molecule has 2 fully saturated rings. The van der Waals surface area contributed by atoms with E-state index in [0.29, 0.717) is 25.0 Å². The molecule has 1 aliphatic carbocycles. The monoisotopic (exact) mass is 327 g/mol.